The molecule has 3 aromatic rings. The minimum Gasteiger partial charge on any atom is -0.352 e. The molecular formula is C18H18IN5. The zero-order valence-corrected chi connectivity index (χ0v) is 15.7. The van der Waals surface area contributed by atoms with Crippen LogP contribution in [-0.2, 0) is 0 Å². The minimum absolute atomic E-state index is 0.252. The molecule has 122 valence electrons. The van der Waals surface area contributed by atoms with Crippen LogP contribution in [-0.4, -0.2) is 21.0 Å². The van der Waals surface area contributed by atoms with E-state index in [0.717, 1.165) is 26.3 Å². The van der Waals surface area contributed by atoms with Crippen LogP contribution in [0.3, 0.4) is 0 Å². The number of nitrogens with one attached hydrogen (secondary N) is 2. The maximum Gasteiger partial charge on any atom is 0.225 e. The summed E-state index contributed by atoms with van der Waals surface area (Å²) in [6.45, 7) is 4.13. The Bertz CT molecular complexity index is 821. The normalized spacial score (nSPS) is 10.7. The zero-order chi connectivity index (χ0) is 16.9. The van der Waals surface area contributed by atoms with E-state index in [4.69, 9.17) is 0 Å². The highest BCUT2D eigenvalue weighted by Crippen LogP contribution is 2.25. The molecule has 2 heterocycles. The minimum atomic E-state index is 0.252. The Hall–Kier alpha value is -2.22. The summed E-state index contributed by atoms with van der Waals surface area (Å²) in [5.41, 5.74) is 2.88. The van der Waals surface area contributed by atoms with Crippen LogP contribution >= 0.6 is 22.6 Å². The molecule has 0 unspecified atom stereocenters. The van der Waals surface area contributed by atoms with Gasteiger partial charge < -0.3 is 10.6 Å². The molecule has 1 aromatic carbocycles. The predicted molar refractivity (Wildman–Crippen MR) is 106 cm³/mol. The Morgan fingerprint density at radius 3 is 2.46 bits per heavy atom. The van der Waals surface area contributed by atoms with E-state index in [1.54, 1.807) is 12.4 Å². The van der Waals surface area contributed by atoms with Gasteiger partial charge in [-0.05, 0) is 60.7 Å². The van der Waals surface area contributed by atoms with Gasteiger partial charge in [-0.25, -0.2) is 4.98 Å². The molecule has 6 heteroatoms. The van der Waals surface area contributed by atoms with Gasteiger partial charge in [0.15, 0.2) is 0 Å². The van der Waals surface area contributed by atoms with Crippen LogP contribution in [0.5, 0.6) is 0 Å². The number of anilines is 3. The number of hydrogen-bond acceptors (Lipinski definition) is 5. The van der Waals surface area contributed by atoms with Gasteiger partial charge in [0.25, 0.3) is 0 Å². The van der Waals surface area contributed by atoms with Gasteiger partial charge in [-0.2, -0.15) is 4.98 Å². The number of benzene rings is 1. The molecule has 0 saturated carbocycles. The van der Waals surface area contributed by atoms with Crippen molar-refractivity contribution in [1.29, 1.82) is 0 Å². The quantitative estimate of drug-likeness (QED) is 0.574. The van der Waals surface area contributed by atoms with Crippen LogP contribution in [0.1, 0.15) is 13.8 Å². The average Bonchev–Trinajstić information content (AvgIpc) is 2.57. The number of rotatable bonds is 5. The van der Waals surface area contributed by atoms with Crippen LogP contribution < -0.4 is 10.6 Å². The summed E-state index contributed by atoms with van der Waals surface area (Å²) < 4.78 is 1.14. The third-order valence-corrected chi connectivity index (χ3v) is 4.20. The first-order valence-corrected chi connectivity index (χ1v) is 8.77. The lowest BCUT2D eigenvalue weighted by Gasteiger charge is -2.13. The van der Waals surface area contributed by atoms with Crippen molar-refractivity contribution in [3.8, 4) is 11.3 Å². The molecule has 2 N–H and O–H groups in total. The summed E-state index contributed by atoms with van der Waals surface area (Å²) in [5.74, 6) is 1.36. The first-order valence-electron chi connectivity index (χ1n) is 7.69. The largest absolute Gasteiger partial charge is 0.352 e. The van der Waals surface area contributed by atoms with E-state index in [1.165, 1.54) is 0 Å². The number of halogens is 1. The van der Waals surface area contributed by atoms with Crippen molar-refractivity contribution in [2.24, 2.45) is 0 Å². The van der Waals surface area contributed by atoms with E-state index in [0.29, 0.717) is 5.95 Å². The molecule has 5 nitrogen and oxygen atoms in total. The lowest BCUT2D eigenvalue weighted by atomic mass is 10.2. The molecule has 0 fully saturated rings. The number of pyridine rings is 1. The first kappa shape index (κ1) is 16.6. The Kier molecular flexibility index (Phi) is 5.24. The molecular weight excluding hydrogens is 413 g/mol. The van der Waals surface area contributed by atoms with Crippen molar-refractivity contribution in [1.82, 2.24) is 15.0 Å². The van der Waals surface area contributed by atoms with Crippen molar-refractivity contribution in [3.63, 3.8) is 0 Å². The smallest absolute Gasteiger partial charge is 0.225 e. The molecule has 0 amide bonds. The summed E-state index contributed by atoms with van der Waals surface area (Å²) in [5, 5.41) is 6.66. The van der Waals surface area contributed by atoms with Crippen molar-refractivity contribution < 1.29 is 0 Å². The monoisotopic (exact) mass is 431 g/mol. The van der Waals surface area contributed by atoms with Gasteiger partial charge in [-0.3, -0.25) is 4.98 Å². The Morgan fingerprint density at radius 1 is 1.00 bits per heavy atom. The summed E-state index contributed by atoms with van der Waals surface area (Å²) in [6, 6.07) is 14.2. The average molecular weight is 431 g/mol. The van der Waals surface area contributed by atoms with E-state index < -0.39 is 0 Å². The Morgan fingerprint density at radius 2 is 1.75 bits per heavy atom. The molecule has 0 bridgehead atoms. The molecule has 3 rings (SSSR count). The summed E-state index contributed by atoms with van der Waals surface area (Å²) in [4.78, 5) is 13.3. The van der Waals surface area contributed by atoms with Crippen molar-refractivity contribution >= 4 is 40.0 Å². The molecule has 0 radical (unpaired) electrons. The maximum absolute atomic E-state index is 4.62. The zero-order valence-electron chi connectivity index (χ0n) is 13.5. The topological polar surface area (TPSA) is 62.7 Å². The van der Waals surface area contributed by atoms with Crippen LogP contribution in [0.4, 0.5) is 17.5 Å². The van der Waals surface area contributed by atoms with E-state index >= 15 is 0 Å². The van der Waals surface area contributed by atoms with Gasteiger partial charge in [0.05, 0.1) is 11.4 Å². The number of hydrogen-bond donors (Lipinski definition) is 2. The summed E-state index contributed by atoms with van der Waals surface area (Å²) >= 11 is 2.31. The highest BCUT2D eigenvalue weighted by atomic mass is 127. The second kappa shape index (κ2) is 7.57. The third kappa shape index (κ3) is 4.19. The van der Waals surface area contributed by atoms with Gasteiger partial charge in [-0.15, -0.1) is 0 Å². The Balaban J connectivity index is 2.00. The summed E-state index contributed by atoms with van der Waals surface area (Å²) in [7, 11) is 0. The van der Waals surface area contributed by atoms with Gasteiger partial charge in [0.1, 0.15) is 5.82 Å². The van der Waals surface area contributed by atoms with Gasteiger partial charge in [0, 0.05) is 33.6 Å². The van der Waals surface area contributed by atoms with Crippen LogP contribution in [0.15, 0.2) is 54.9 Å². The van der Waals surface area contributed by atoms with E-state index in [2.05, 4.69) is 68.1 Å². The van der Waals surface area contributed by atoms with E-state index in [9.17, 15) is 0 Å². The lowest BCUT2D eigenvalue weighted by Crippen LogP contribution is -2.13. The summed E-state index contributed by atoms with van der Waals surface area (Å²) in [6.07, 6.45) is 3.53. The van der Waals surface area contributed by atoms with Gasteiger partial charge in [-0.1, -0.05) is 12.1 Å². The maximum atomic E-state index is 4.62. The molecule has 0 saturated heterocycles. The van der Waals surface area contributed by atoms with Crippen LogP contribution in [0, 0.1) is 3.57 Å². The fourth-order valence-corrected chi connectivity index (χ4v) is 2.73. The van der Waals surface area contributed by atoms with Crippen molar-refractivity contribution in [2.75, 3.05) is 10.6 Å². The third-order valence-electron chi connectivity index (χ3n) is 3.26. The highest BCUT2D eigenvalue weighted by Gasteiger charge is 2.09. The van der Waals surface area contributed by atoms with Crippen molar-refractivity contribution in [3.05, 3.63) is 58.4 Å². The second-order valence-electron chi connectivity index (χ2n) is 5.60. The highest BCUT2D eigenvalue weighted by molar-refractivity contribution is 14.1. The molecule has 0 aliphatic carbocycles. The van der Waals surface area contributed by atoms with Crippen LogP contribution in [0.25, 0.3) is 11.3 Å². The molecule has 0 aliphatic rings. The molecule has 24 heavy (non-hydrogen) atoms. The number of para-hydroxylation sites is 1. The number of nitrogens with zero attached hydrogens (tertiary/aromatic N) is 3. The molecule has 0 spiro atoms. The fraction of sp³-hybridized carbons (Fsp3) is 0.167. The Labute approximate surface area is 155 Å². The van der Waals surface area contributed by atoms with Crippen LogP contribution in [0.2, 0.25) is 0 Å². The van der Waals surface area contributed by atoms with Crippen molar-refractivity contribution in [2.45, 2.75) is 19.9 Å². The fourth-order valence-electron chi connectivity index (χ4n) is 2.21. The molecule has 2 aromatic heterocycles. The lowest BCUT2D eigenvalue weighted by molar-refractivity contribution is 0.876. The predicted octanol–water partition coefficient (Wildman–Crippen LogP) is 4.71. The van der Waals surface area contributed by atoms with Gasteiger partial charge >= 0.3 is 0 Å². The standard InChI is InChI=1S/C18H18IN5/c1-12(2)21-18-23-16(13-7-9-20-10-8-13)11-17(24-18)22-15-6-4-3-5-14(15)19/h3-12H,1-2H3,(H2,21,22,23,24). The first-order chi connectivity index (χ1) is 11.6. The van der Waals surface area contributed by atoms with E-state index in [1.807, 2.05) is 36.4 Å². The molecule has 0 aliphatic heterocycles. The SMILES string of the molecule is CC(C)Nc1nc(Nc2ccccc2I)cc(-c2ccncc2)n1. The number of aromatic nitrogens is 3. The van der Waals surface area contributed by atoms with Gasteiger partial charge in [0.2, 0.25) is 5.95 Å². The second-order valence-corrected chi connectivity index (χ2v) is 6.76. The molecule has 0 atom stereocenters. The van der Waals surface area contributed by atoms with E-state index in [-0.39, 0.29) is 6.04 Å².